The smallest absolute Gasteiger partial charge is 0.463 e. The Kier molecular flexibility index (Phi) is 17.8. The molecule has 1 heterocycles. The Morgan fingerprint density at radius 2 is 1.28 bits per heavy atom. The molecular formula is C29H50O13Si. The van der Waals surface area contributed by atoms with E-state index in [2.05, 4.69) is 13.0 Å². The lowest BCUT2D eigenvalue weighted by atomic mass is 9.98. The fraction of sp³-hybridized carbons (Fsp3) is 0.793. The number of allylic oxidation sites excluding steroid dienone is 1. The molecule has 1 rings (SSSR count). The van der Waals surface area contributed by atoms with Crippen molar-refractivity contribution in [3.8, 4) is 0 Å². The summed E-state index contributed by atoms with van der Waals surface area (Å²) in [5.41, 5.74) is 0.878. The van der Waals surface area contributed by atoms with Gasteiger partial charge in [0.2, 0.25) is 0 Å². The second-order valence-corrected chi connectivity index (χ2v) is 13.0. The highest BCUT2D eigenvalue weighted by Gasteiger charge is 2.52. The van der Waals surface area contributed by atoms with Gasteiger partial charge in [-0.25, -0.2) is 0 Å². The van der Waals surface area contributed by atoms with Gasteiger partial charge >= 0.3 is 32.7 Å². The van der Waals surface area contributed by atoms with E-state index in [0.717, 1.165) is 18.4 Å². The van der Waals surface area contributed by atoms with Gasteiger partial charge < -0.3 is 41.7 Å². The summed E-state index contributed by atoms with van der Waals surface area (Å²) >= 11 is 0. The van der Waals surface area contributed by atoms with Gasteiger partial charge in [0.15, 0.2) is 24.6 Å². The van der Waals surface area contributed by atoms with Gasteiger partial charge in [-0.2, -0.15) is 0 Å². The Bertz CT molecular complexity index is 907. The van der Waals surface area contributed by atoms with Crippen LogP contribution in [0.4, 0.5) is 0 Å². The van der Waals surface area contributed by atoms with Crippen LogP contribution in [0.15, 0.2) is 11.6 Å². The molecule has 0 bridgehead atoms. The van der Waals surface area contributed by atoms with E-state index in [1.807, 2.05) is 27.7 Å². The zero-order chi connectivity index (χ0) is 32.6. The lowest BCUT2D eigenvalue weighted by molar-refractivity contribution is -0.306. The molecule has 0 amide bonds. The van der Waals surface area contributed by atoms with Gasteiger partial charge in [-0.3, -0.25) is 19.2 Å². The van der Waals surface area contributed by atoms with Crippen LogP contribution < -0.4 is 0 Å². The van der Waals surface area contributed by atoms with Gasteiger partial charge in [-0.05, 0) is 46.5 Å². The van der Waals surface area contributed by atoms with Crippen LogP contribution in [0.5, 0.6) is 0 Å². The molecule has 13 nitrogen and oxygen atoms in total. The normalized spacial score (nSPS) is 23.3. The maximum atomic E-state index is 12.0. The molecule has 0 aromatic carbocycles. The molecule has 1 aliphatic heterocycles. The minimum Gasteiger partial charge on any atom is -0.463 e. The minimum absolute atomic E-state index is 0.0909. The average Bonchev–Trinajstić information content (AvgIpc) is 2.88. The molecule has 1 saturated heterocycles. The first kappa shape index (κ1) is 38.7. The van der Waals surface area contributed by atoms with Crippen molar-refractivity contribution in [1.29, 1.82) is 0 Å². The molecule has 0 spiro atoms. The Morgan fingerprint density at radius 1 is 0.767 bits per heavy atom. The second-order valence-electron chi connectivity index (χ2n) is 10.2. The number of carbonyl (C=O) groups excluding carboxylic acids is 4. The number of carbonyl (C=O) groups is 4. The fourth-order valence-electron chi connectivity index (χ4n) is 4.80. The first-order valence-electron chi connectivity index (χ1n) is 14.8. The molecule has 0 aromatic rings. The number of esters is 4. The van der Waals surface area contributed by atoms with Gasteiger partial charge in [0.25, 0.3) is 0 Å². The van der Waals surface area contributed by atoms with Crippen LogP contribution >= 0.6 is 0 Å². The maximum Gasteiger partial charge on any atom is 0.500 e. The summed E-state index contributed by atoms with van der Waals surface area (Å²) in [5, 5.41) is 0. The molecule has 248 valence electrons. The van der Waals surface area contributed by atoms with Crippen LogP contribution in [-0.2, 0) is 60.9 Å². The van der Waals surface area contributed by atoms with Crippen molar-refractivity contribution < 1.29 is 60.9 Å². The molecule has 43 heavy (non-hydrogen) atoms. The SMILES string of the molecule is CCO[Si](CCCC(C)C=C(C)CO[C@H]1OC(COC(C)=O)[C@@H](OC(C)=O)[C@H](OC(C)=O)C1OC(C)=O)(OCC)OCC. The summed E-state index contributed by atoms with van der Waals surface area (Å²) in [6.07, 6.45) is -2.30. The monoisotopic (exact) mass is 634 g/mol. The van der Waals surface area contributed by atoms with E-state index in [0.29, 0.717) is 25.9 Å². The van der Waals surface area contributed by atoms with E-state index in [-0.39, 0.29) is 19.1 Å². The molecule has 0 radical (unpaired) electrons. The molecular weight excluding hydrogens is 584 g/mol. The molecule has 1 aliphatic rings. The molecule has 0 N–H and O–H groups in total. The zero-order valence-corrected chi connectivity index (χ0v) is 28.0. The predicted molar refractivity (Wildman–Crippen MR) is 156 cm³/mol. The van der Waals surface area contributed by atoms with Gasteiger partial charge in [0.05, 0.1) is 6.61 Å². The fourth-order valence-corrected chi connectivity index (χ4v) is 7.44. The van der Waals surface area contributed by atoms with E-state index < -0.39 is 63.4 Å². The number of ether oxygens (including phenoxy) is 6. The first-order valence-corrected chi connectivity index (χ1v) is 16.7. The van der Waals surface area contributed by atoms with E-state index >= 15 is 0 Å². The van der Waals surface area contributed by atoms with E-state index in [4.69, 9.17) is 41.7 Å². The Morgan fingerprint density at radius 3 is 1.77 bits per heavy atom. The highest BCUT2D eigenvalue weighted by atomic mass is 28.4. The Labute approximate surface area is 256 Å². The van der Waals surface area contributed by atoms with Crippen LogP contribution in [0.25, 0.3) is 0 Å². The summed E-state index contributed by atoms with van der Waals surface area (Å²) in [4.78, 5) is 47.4. The standard InChI is InChI=1S/C29H50O13Si/c1-10-36-43(37-11-2,38-12-3)15-13-14-19(4)16-20(5)17-35-29-28(41-24(9)33)27(40-23(8)32)26(39-22(7)31)25(42-29)18-34-21(6)30/h16,19,25-29H,10-15,17-18H2,1-9H3/t19?,25?,26-,27+,28?,29+/m1/s1. The summed E-state index contributed by atoms with van der Waals surface area (Å²) in [6.45, 7) is 15.8. The van der Waals surface area contributed by atoms with Crippen LogP contribution in [0, 0.1) is 5.92 Å². The third kappa shape index (κ3) is 14.3. The second kappa shape index (κ2) is 19.8. The summed E-state index contributed by atoms with van der Waals surface area (Å²) in [5.74, 6) is -2.50. The van der Waals surface area contributed by atoms with Crippen molar-refractivity contribution in [2.45, 2.75) is 112 Å². The predicted octanol–water partition coefficient (Wildman–Crippen LogP) is 3.50. The van der Waals surface area contributed by atoms with Gasteiger partial charge in [0.1, 0.15) is 12.7 Å². The zero-order valence-electron chi connectivity index (χ0n) is 27.0. The average molecular weight is 635 g/mol. The van der Waals surface area contributed by atoms with E-state index in [1.165, 1.54) is 27.7 Å². The van der Waals surface area contributed by atoms with Crippen molar-refractivity contribution in [2.75, 3.05) is 33.0 Å². The van der Waals surface area contributed by atoms with E-state index in [9.17, 15) is 19.2 Å². The molecule has 0 saturated carbocycles. The van der Waals surface area contributed by atoms with Crippen LogP contribution in [0.2, 0.25) is 6.04 Å². The van der Waals surface area contributed by atoms with Crippen molar-refractivity contribution in [1.82, 2.24) is 0 Å². The lowest BCUT2D eigenvalue weighted by Crippen LogP contribution is -2.63. The molecule has 14 heteroatoms. The van der Waals surface area contributed by atoms with Crippen molar-refractivity contribution in [2.24, 2.45) is 5.92 Å². The van der Waals surface area contributed by atoms with Crippen molar-refractivity contribution in [3.05, 3.63) is 11.6 Å². The topological polar surface area (TPSA) is 151 Å². The largest absolute Gasteiger partial charge is 0.500 e. The van der Waals surface area contributed by atoms with Crippen LogP contribution in [0.1, 0.15) is 75.2 Å². The van der Waals surface area contributed by atoms with Gasteiger partial charge in [-0.1, -0.05) is 18.6 Å². The molecule has 6 atom stereocenters. The molecule has 1 fully saturated rings. The maximum absolute atomic E-state index is 12.0. The third-order valence-corrected chi connectivity index (χ3v) is 9.38. The van der Waals surface area contributed by atoms with Crippen LogP contribution in [-0.4, -0.2) is 96.4 Å². The highest BCUT2D eigenvalue weighted by molar-refractivity contribution is 6.60. The summed E-state index contributed by atoms with van der Waals surface area (Å²) < 4.78 is 51.2. The quantitative estimate of drug-likeness (QED) is 0.0883. The Balaban J connectivity index is 3.05. The summed E-state index contributed by atoms with van der Waals surface area (Å²) in [7, 11) is -2.72. The van der Waals surface area contributed by atoms with Crippen LogP contribution in [0.3, 0.4) is 0 Å². The lowest BCUT2D eigenvalue weighted by Gasteiger charge is -2.44. The van der Waals surface area contributed by atoms with Crippen molar-refractivity contribution in [3.63, 3.8) is 0 Å². The number of hydrogen-bond donors (Lipinski definition) is 0. The third-order valence-electron chi connectivity index (χ3n) is 6.23. The minimum atomic E-state index is -2.72. The highest BCUT2D eigenvalue weighted by Crippen LogP contribution is 2.30. The molecule has 0 aromatic heterocycles. The van der Waals surface area contributed by atoms with Gasteiger partial charge in [0, 0.05) is 53.6 Å². The number of rotatable bonds is 19. The van der Waals surface area contributed by atoms with E-state index in [1.54, 1.807) is 0 Å². The first-order chi connectivity index (χ1) is 20.3. The number of hydrogen-bond acceptors (Lipinski definition) is 13. The van der Waals surface area contributed by atoms with Crippen molar-refractivity contribution >= 4 is 32.7 Å². The van der Waals surface area contributed by atoms with Gasteiger partial charge in [-0.15, -0.1) is 0 Å². The Hall–Kier alpha value is -2.36. The molecule has 3 unspecified atom stereocenters. The molecule has 0 aliphatic carbocycles. The summed E-state index contributed by atoms with van der Waals surface area (Å²) in [6, 6.07) is 0.709.